The summed E-state index contributed by atoms with van der Waals surface area (Å²) in [7, 11) is 0. The number of rotatable bonds is 8. The van der Waals surface area contributed by atoms with Crippen LogP contribution in [0, 0.1) is 58.1 Å². The summed E-state index contributed by atoms with van der Waals surface area (Å²) in [6.45, 7) is 9.97. The molecule has 1 atom stereocenters. The Balaban J connectivity index is 0.000000512. The number of benzene rings is 1. The second kappa shape index (κ2) is 18.7. The Kier molecular flexibility index (Phi) is 13.7. The number of phenolic OH excluding ortho intramolecular Hbond substituents is 1. The molecular formula is C44H53ClN10O3S. The topological polar surface area (TPSA) is 209 Å². The molecule has 3 aromatic rings. The number of nitriles is 1. The van der Waals surface area contributed by atoms with Crippen molar-refractivity contribution in [2.75, 3.05) is 24.6 Å². The van der Waals surface area contributed by atoms with Crippen molar-refractivity contribution in [1.29, 1.82) is 26.9 Å². The van der Waals surface area contributed by atoms with Crippen molar-refractivity contribution >= 4 is 62.8 Å². The highest BCUT2D eigenvalue weighted by Crippen LogP contribution is 2.51. The lowest BCUT2D eigenvalue weighted by atomic mass is 9.58. The number of halogens is 1. The summed E-state index contributed by atoms with van der Waals surface area (Å²) in [4.78, 5) is 27.0. The summed E-state index contributed by atoms with van der Waals surface area (Å²) in [5.74, 6) is 1.68. The molecule has 3 fully saturated rings. The number of aryl methyl sites for hydroxylation is 1. The smallest absolute Gasteiger partial charge is 0.269 e. The Labute approximate surface area is 355 Å². The second-order valence-corrected chi connectivity index (χ2v) is 17.7. The van der Waals surface area contributed by atoms with Crippen LogP contribution in [0.15, 0.2) is 53.7 Å². The van der Waals surface area contributed by atoms with Crippen LogP contribution in [0.4, 0.5) is 5.00 Å². The van der Waals surface area contributed by atoms with Gasteiger partial charge in [0.25, 0.3) is 5.91 Å². The molecular weight excluding hydrogens is 784 g/mol. The summed E-state index contributed by atoms with van der Waals surface area (Å²) >= 11 is 7.14. The summed E-state index contributed by atoms with van der Waals surface area (Å²) in [6, 6.07) is 9.74. The molecule has 1 aromatic carbocycles. The predicted molar refractivity (Wildman–Crippen MR) is 236 cm³/mol. The maximum absolute atomic E-state index is 12.5. The van der Waals surface area contributed by atoms with Gasteiger partial charge in [0.1, 0.15) is 46.1 Å². The van der Waals surface area contributed by atoms with Crippen LogP contribution in [0.25, 0.3) is 0 Å². The zero-order valence-electron chi connectivity index (χ0n) is 34.1. The average Bonchev–Trinajstić information content (AvgIpc) is 3.43. The third-order valence-electron chi connectivity index (χ3n) is 11.7. The fraction of sp³-hybridized carbons (Fsp3) is 0.455. The van der Waals surface area contributed by atoms with Gasteiger partial charge in [-0.2, -0.15) is 5.26 Å². The largest absolute Gasteiger partial charge is 0.508 e. The number of hydrogen-bond acceptors (Lipinski definition) is 11. The van der Waals surface area contributed by atoms with Crippen molar-refractivity contribution in [2.45, 2.75) is 97.6 Å². The van der Waals surface area contributed by atoms with Gasteiger partial charge in [-0.1, -0.05) is 30.9 Å². The van der Waals surface area contributed by atoms with Gasteiger partial charge in [0.2, 0.25) is 5.88 Å². The molecule has 4 aliphatic rings. The number of ether oxygens (including phenoxy) is 1. The number of amides is 1. The maximum Gasteiger partial charge on any atom is 0.269 e. The molecule has 310 valence electrons. The summed E-state index contributed by atoms with van der Waals surface area (Å²) < 4.78 is 6.16. The van der Waals surface area contributed by atoms with Crippen LogP contribution < -0.4 is 15.0 Å². The van der Waals surface area contributed by atoms with E-state index in [0.717, 1.165) is 96.7 Å². The van der Waals surface area contributed by atoms with E-state index in [9.17, 15) is 4.79 Å². The van der Waals surface area contributed by atoms with Gasteiger partial charge in [-0.05, 0) is 120 Å². The van der Waals surface area contributed by atoms with Crippen LogP contribution in [0.1, 0.15) is 98.8 Å². The number of nitrogens with one attached hydrogen (secondary N) is 5. The van der Waals surface area contributed by atoms with E-state index in [0.29, 0.717) is 41.5 Å². The Morgan fingerprint density at radius 3 is 2.54 bits per heavy atom. The minimum atomic E-state index is -0.405. The second-order valence-electron chi connectivity index (χ2n) is 16.1. The lowest BCUT2D eigenvalue weighted by Gasteiger charge is -2.53. The Hall–Kier alpha value is -5.39. The molecule has 1 saturated heterocycles. The number of carbonyl (C=O) groups is 1. The number of likely N-dealkylation sites (tertiary alicyclic amines) is 1. The highest BCUT2D eigenvalue weighted by Gasteiger charge is 2.47. The number of aromatic nitrogens is 1. The zero-order valence-corrected chi connectivity index (χ0v) is 35.7. The molecule has 15 heteroatoms. The van der Waals surface area contributed by atoms with E-state index in [1.807, 2.05) is 25.1 Å². The molecule has 4 heterocycles. The van der Waals surface area contributed by atoms with E-state index >= 15 is 0 Å². The van der Waals surface area contributed by atoms with Crippen LogP contribution in [-0.4, -0.2) is 81.6 Å². The van der Waals surface area contributed by atoms with E-state index in [4.69, 9.17) is 53.3 Å². The maximum atomic E-state index is 12.5. The van der Waals surface area contributed by atoms with Crippen LogP contribution in [0.3, 0.4) is 0 Å². The van der Waals surface area contributed by atoms with Crippen molar-refractivity contribution in [3.05, 3.63) is 80.8 Å². The molecule has 7 rings (SSSR count). The Bertz CT molecular complexity index is 2210. The SMILES string of the molecule is CC(=N)N1C(=N)[C@H](C)N=C(c2ccc(OCC3CC4(CCCN(C(=N)/C=C\C(=N)C(=O)NC5CCCCC5)C4)C3)nc2)c2c1sc(C)c2C.N#Cc1ccc(O)cc1Cl. The molecule has 1 amide bonds. The van der Waals surface area contributed by atoms with E-state index in [1.54, 1.807) is 35.4 Å². The number of piperidine rings is 1. The van der Waals surface area contributed by atoms with Gasteiger partial charge in [0.05, 0.1) is 22.9 Å². The molecule has 0 bridgehead atoms. The zero-order chi connectivity index (χ0) is 42.4. The lowest BCUT2D eigenvalue weighted by Crippen LogP contribution is -2.52. The summed E-state index contributed by atoms with van der Waals surface area (Å²) in [6.07, 6.45) is 14.6. The minimum absolute atomic E-state index is 0.0731. The number of aliphatic imine (C=N–C) groups is 1. The minimum Gasteiger partial charge on any atom is -0.508 e. The van der Waals surface area contributed by atoms with Crippen LogP contribution in [-0.2, 0) is 4.79 Å². The average molecular weight is 837 g/mol. The number of phenols is 1. The number of carbonyl (C=O) groups excluding carboxylic acids is 1. The molecule has 0 unspecified atom stereocenters. The molecule has 0 radical (unpaired) electrons. The highest BCUT2D eigenvalue weighted by molar-refractivity contribution is 7.17. The van der Waals surface area contributed by atoms with Crippen molar-refractivity contribution in [3.63, 3.8) is 0 Å². The molecule has 13 nitrogen and oxygen atoms in total. The number of hydrogen-bond donors (Lipinski definition) is 6. The van der Waals surface area contributed by atoms with E-state index in [2.05, 4.69) is 29.0 Å². The molecule has 2 aromatic heterocycles. The van der Waals surface area contributed by atoms with Crippen LogP contribution in [0.5, 0.6) is 11.6 Å². The first-order chi connectivity index (χ1) is 28.2. The van der Waals surface area contributed by atoms with Gasteiger partial charge < -0.3 is 20.1 Å². The quantitative estimate of drug-likeness (QED) is 0.0961. The standard InChI is InChI=1S/C37H49N9O2S.C7H4ClNO/c1-22-24(3)49-36-32(22)33(43-23(2)34(41)46(36)25(4)38)27-11-14-31(42-19-27)48-20-26-17-37(18-26)15-8-16-45(21-37)30(40)13-12-29(39)35(47)44-28-9-6-5-7-10-28;8-7-3-6(10)2-1-5(7)4-9/h11-14,19,23,26,28,38-41H,5-10,15-18,20-21H2,1-4H3,(H,44,47);1-3,10H/b13-12-,38-25?,39-29?,40-30?,41-34?;/t23-,26?,37?;/m0./s1. The first-order valence-electron chi connectivity index (χ1n) is 20.2. The van der Waals surface area contributed by atoms with Gasteiger partial charge in [-0.25, -0.2) is 4.98 Å². The van der Waals surface area contributed by atoms with Crippen molar-refractivity contribution in [3.8, 4) is 17.7 Å². The fourth-order valence-electron chi connectivity index (χ4n) is 8.50. The normalized spacial score (nSPS) is 21.6. The Morgan fingerprint density at radius 2 is 1.88 bits per heavy atom. The van der Waals surface area contributed by atoms with Gasteiger partial charge in [0, 0.05) is 47.4 Å². The molecule has 2 aliphatic carbocycles. The monoisotopic (exact) mass is 836 g/mol. The summed E-state index contributed by atoms with van der Waals surface area (Å²) in [5.41, 5.74) is 4.18. The fourth-order valence-corrected chi connectivity index (χ4v) is 9.94. The van der Waals surface area contributed by atoms with Crippen molar-refractivity contribution in [2.24, 2.45) is 16.3 Å². The first kappa shape index (κ1) is 43.2. The molecule has 59 heavy (non-hydrogen) atoms. The number of fused-ring (bicyclic) bond motifs is 1. The molecule has 6 N–H and O–H groups in total. The Morgan fingerprint density at radius 1 is 1.14 bits per heavy atom. The van der Waals surface area contributed by atoms with E-state index < -0.39 is 6.04 Å². The predicted octanol–water partition coefficient (Wildman–Crippen LogP) is 8.57. The lowest BCUT2D eigenvalue weighted by molar-refractivity contribution is -0.115. The number of thiophene rings is 1. The number of pyridine rings is 1. The van der Waals surface area contributed by atoms with Gasteiger partial charge in [0.15, 0.2) is 0 Å². The third kappa shape index (κ3) is 10.1. The number of anilines is 1. The number of nitrogens with zero attached hydrogens (tertiary/aromatic N) is 5. The van der Waals surface area contributed by atoms with Crippen LogP contribution >= 0.6 is 22.9 Å². The first-order valence-corrected chi connectivity index (χ1v) is 21.4. The van der Waals surface area contributed by atoms with E-state index in [1.165, 1.54) is 30.7 Å². The molecule has 1 spiro atoms. The molecule has 2 aliphatic heterocycles. The summed E-state index contributed by atoms with van der Waals surface area (Å²) in [5, 5.41) is 55.3. The van der Waals surface area contributed by atoms with Gasteiger partial charge >= 0.3 is 0 Å². The van der Waals surface area contributed by atoms with E-state index in [-0.39, 0.29) is 33.8 Å². The van der Waals surface area contributed by atoms with Gasteiger partial charge in [-0.15, -0.1) is 11.3 Å². The highest BCUT2D eigenvalue weighted by atomic mass is 35.5. The van der Waals surface area contributed by atoms with Crippen LogP contribution in [0.2, 0.25) is 5.02 Å². The third-order valence-corrected chi connectivity index (χ3v) is 13.2. The number of amidine groups is 3. The molecule has 2 saturated carbocycles. The van der Waals surface area contributed by atoms with Crippen molar-refractivity contribution in [1.82, 2.24) is 15.2 Å². The van der Waals surface area contributed by atoms with Crippen molar-refractivity contribution < 1.29 is 14.6 Å². The number of aromatic hydroxyl groups is 1. The van der Waals surface area contributed by atoms with Gasteiger partial charge in [-0.3, -0.25) is 36.3 Å².